The van der Waals surface area contributed by atoms with Crippen LogP contribution in [0.15, 0.2) is 36.4 Å². The summed E-state index contributed by atoms with van der Waals surface area (Å²) in [4.78, 5) is 0. The Labute approximate surface area is 123 Å². The SMILES string of the molecule is Cc1cccc(Oc2ccc(Cl)cc2CC(C)N)c1F. The molecule has 2 rings (SSSR count). The number of hydrogen-bond acceptors (Lipinski definition) is 2. The largest absolute Gasteiger partial charge is 0.454 e. The first-order valence-electron chi connectivity index (χ1n) is 6.44. The maximum absolute atomic E-state index is 14.0. The van der Waals surface area contributed by atoms with Gasteiger partial charge in [0.1, 0.15) is 5.75 Å². The van der Waals surface area contributed by atoms with Gasteiger partial charge >= 0.3 is 0 Å². The molecule has 20 heavy (non-hydrogen) atoms. The lowest BCUT2D eigenvalue weighted by molar-refractivity contribution is 0.434. The minimum absolute atomic E-state index is 0.0295. The topological polar surface area (TPSA) is 35.2 Å². The van der Waals surface area contributed by atoms with E-state index in [4.69, 9.17) is 22.1 Å². The summed E-state index contributed by atoms with van der Waals surface area (Å²) in [5.74, 6) is 0.434. The third-order valence-electron chi connectivity index (χ3n) is 2.94. The summed E-state index contributed by atoms with van der Waals surface area (Å²) in [6, 6.07) is 10.3. The van der Waals surface area contributed by atoms with Crippen LogP contribution in [0.25, 0.3) is 0 Å². The molecule has 1 atom stereocenters. The van der Waals surface area contributed by atoms with Crippen molar-refractivity contribution < 1.29 is 9.13 Å². The van der Waals surface area contributed by atoms with Gasteiger partial charge in [0.25, 0.3) is 0 Å². The molecule has 0 radical (unpaired) electrons. The van der Waals surface area contributed by atoms with Crippen LogP contribution >= 0.6 is 11.6 Å². The van der Waals surface area contributed by atoms with E-state index in [9.17, 15) is 4.39 Å². The second-order valence-electron chi connectivity index (χ2n) is 4.92. The second-order valence-corrected chi connectivity index (χ2v) is 5.36. The zero-order valence-corrected chi connectivity index (χ0v) is 12.2. The van der Waals surface area contributed by atoms with Gasteiger partial charge in [-0.3, -0.25) is 0 Å². The summed E-state index contributed by atoms with van der Waals surface area (Å²) in [7, 11) is 0. The Kier molecular flexibility index (Phi) is 4.63. The Bertz CT molecular complexity index is 613. The molecule has 106 valence electrons. The monoisotopic (exact) mass is 293 g/mol. The number of aryl methyl sites for hydroxylation is 1. The van der Waals surface area contributed by atoms with Crippen molar-refractivity contribution in [1.29, 1.82) is 0 Å². The predicted octanol–water partition coefficient (Wildman–Crippen LogP) is 4.47. The van der Waals surface area contributed by atoms with Crippen molar-refractivity contribution in [3.8, 4) is 11.5 Å². The van der Waals surface area contributed by atoms with Crippen LogP contribution in [-0.2, 0) is 6.42 Å². The predicted molar refractivity (Wildman–Crippen MR) is 80.0 cm³/mol. The Morgan fingerprint density at radius 1 is 1.25 bits per heavy atom. The smallest absolute Gasteiger partial charge is 0.168 e. The Hall–Kier alpha value is -1.58. The molecule has 0 bridgehead atoms. The van der Waals surface area contributed by atoms with E-state index in [0.29, 0.717) is 22.8 Å². The van der Waals surface area contributed by atoms with E-state index in [2.05, 4.69) is 0 Å². The highest BCUT2D eigenvalue weighted by Gasteiger charge is 2.11. The van der Waals surface area contributed by atoms with Gasteiger partial charge in [0.15, 0.2) is 11.6 Å². The van der Waals surface area contributed by atoms with Crippen molar-refractivity contribution in [3.63, 3.8) is 0 Å². The zero-order valence-electron chi connectivity index (χ0n) is 11.5. The molecule has 0 spiro atoms. The molecule has 2 nitrogen and oxygen atoms in total. The minimum atomic E-state index is -0.353. The number of rotatable bonds is 4. The molecule has 0 aliphatic carbocycles. The second kappa shape index (κ2) is 6.25. The normalized spacial score (nSPS) is 12.2. The molecule has 0 saturated heterocycles. The van der Waals surface area contributed by atoms with Gasteiger partial charge in [-0.1, -0.05) is 23.7 Å². The van der Waals surface area contributed by atoms with Crippen molar-refractivity contribution in [2.45, 2.75) is 26.3 Å². The summed E-state index contributed by atoms with van der Waals surface area (Å²) in [6.45, 7) is 3.60. The first-order valence-corrected chi connectivity index (χ1v) is 6.82. The molecule has 0 aliphatic rings. The van der Waals surface area contributed by atoms with Crippen molar-refractivity contribution >= 4 is 11.6 Å². The fourth-order valence-electron chi connectivity index (χ4n) is 1.97. The molecular formula is C16H17ClFNO. The lowest BCUT2D eigenvalue weighted by Gasteiger charge is -2.14. The molecule has 0 fully saturated rings. The standard InChI is InChI=1S/C16H17ClFNO/c1-10-4-3-5-15(16(10)18)20-14-7-6-13(17)9-12(14)8-11(2)19/h3-7,9,11H,8,19H2,1-2H3. The maximum Gasteiger partial charge on any atom is 0.168 e. The molecule has 2 aromatic rings. The van der Waals surface area contributed by atoms with Crippen LogP contribution in [0.2, 0.25) is 5.02 Å². The van der Waals surface area contributed by atoms with E-state index < -0.39 is 0 Å². The lowest BCUT2D eigenvalue weighted by Crippen LogP contribution is -2.18. The molecule has 4 heteroatoms. The highest BCUT2D eigenvalue weighted by molar-refractivity contribution is 6.30. The molecule has 0 heterocycles. The van der Waals surface area contributed by atoms with E-state index >= 15 is 0 Å². The van der Waals surface area contributed by atoms with E-state index in [-0.39, 0.29) is 17.6 Å². The van der Waals surface area contributed by atoms with Crippen LogP contribution in [0.4, 0.5) is 4.39 Å². The number of nitrogens with two attached hydrogens (primary N) is 1. The third kappa shape index (κ3) is 3.50. The van der Waals surface area contributed by atoms with Crippen LogP contribution in [-0.4, -0.2) is 6.04 Å². The van der Waals surface area contributed by atoms with Gasteiger partial charge in [0.2, 0.25) is 0 Å². The van der Waals surface area contributed by atoms with E-state index in [1.165, 1.54) is 0 Å². The van der Waals surface area contributed by atoms with Crippen LogP contribution in [0.5, 0.6) is 11.5 Å². The third-order valence-corrected chi connectivity index (χ3v) is 3.18. The van der Waals surface area contributed by atoms with Gasteiger partial charge in [-0.05, 0) is 55.7 Å². The summed E-state index contributed by atoms with van der Waals surface area (Å²) in [5, 5.41) is 0.609. The van der Waals surface area contributed by atoms with Crippen molar-refractivity contribution in [2.75, 3.05) is 0 Å². The van der Waals surface area contributed by atoms with Crippen molar-refractivity contribution in [2.24, 2.45) is 5.73 Å². The fraction of sp³-hybridized carbons (Fsp3) is 0.250. The molecule has 0 aromatic heterocycles. The van der Waals surface area contributed by atoms with Crippen LogP contribution in [0.3, 0.4) is 0 Å². The maximum atomic E-state index is 14.0. The Morgan fingerprint density at radius 2 is 2.00 bits per heavy atom. The summed E-state index contributed by atoms with van der Waals surface area (Å²) in [6.07, 6.45) is 0.614. The first-order chi connectivity index (χ1) is 9.47. The molecular weight excluding hydrogens is 277 g/mol. The quantitative estimate of drug-likeness (QED) is 0.902. The number of ether oxygens (including phenoxy) is 1. The van der Waals surface area contributed by atoms with Crippen molar-refractivity contribution in [3.05, 3.63) is 58.4 Å². The highest BCUT2D eigenvalue weighted by Crippen LogP contribution is 2.31. The Morgan fingerprint density at radius 3 is 2.70 bits per heavy atom. The van der Waals surface area contributed by atoms with Gasteiger partial charge in [0, 0.05) is 11.1 Å². The van der Waals surface area contributed by atoms with Crippen LogP contribution in [0.1, 0.15) is 18.1 Å². The van der Waals surface area contributed by atoms with Crippen LogP contribution in [0, 0.1) is 12.7 Å². The Balaban J connectivity index is 2.35. The number of benzene rings is 2. The zero-order chi connectivity index (χ0) is 14.7. The van der Waals surface area contributed by atoms with E-state index in [0.717, 1.165) is 5.56 Å². The number of halogens is 2. The van der Waals surface area contributed by atoms with Gasteiger partial charge < -0.3 is 10.5 Å². The van der Waals surface area contributed by atoms with Gasteiger partial charge in [-0.25, -0.2) is 4.39 Å². The van der Waals surface area contributed by atoms with Gasteiger partial charge in [0.05, 0.1) is 0 Å². The molecule has 0 aliphatic heterocycles. The molecule has 2 aromatic carbocycles. The summed E-state index contributed by atoms with van der Waals surface area (Å²) in [5.41, 5.74) is 7.23. The summed E-state index contributed by atoms with van der Waals surface area (Å²) >= 11 is 5.99. The number of hydrogen-bond donors (Lipinski definition) is 1. The van der Waals surface area contributed by atoms with E-state index in [1.807, 2.05) is 6.92 Å². The lowest BCUT2D eigenvalue weighted by atomic mass is 10.1. The summed E-state index contributed by atoms with van der Waals surface area (Å²) < 4.78 is 19.7. The molecule has 0 saturated carbocycles. The van der Waals surface area contributed by atoms with Gasteiger partial charge in [-0.2, -0.15) is 0 Å². The van der Waals surface area contributed by atoms with E-state index in [1.54, 1.807) is 43.3 Å². The molecule has 2 N–H and O–H groups in total. The molecule has 0 amide bonds. The van der Waals surface area contributed by atoms with Crippen molar-refractivity contribution in [1.82, 2.24) is 0 Å². The average Bonchev–Trinajstić information content (AvgIpc) is 2.37. The average molecular weight is 294 g/mol. The highest BCUT2D eigenvalue weighted by atomic mass is 35.5. The van der Waals surface area contributed by atoms with Crippen LogP contribution < -0.4 is 10.5 Å². The fourth-order valence-corrected chi connectivity index (χ4v) is 2.17. The minimum Gasteiger partial charge on any atom is -0.454 e. The van der Waals surface area contributed by atoms with Gasteiger partial charge in [-0.15, -0.1) is 0 Å². The first kappa shape index (κ1) is 14.8. The molecule has 1 unspecified atom stereocenters.